The highest BCUT2D eigenvalue weighted by atomic mass is 16.6. The van der Waals surface area contributed by atoms with E-state index in [1.165, 1.54) is 0 Å². The van der Waals surface area contributed by atoms with Gasteiger partial charge in [0.1, 0.15) is 5.75 Å². The van der Waals surface area contributed by atoms with Crippen molar-refractivity contribution in [2.75, 3.05) is 36.5 Å². The maximum Gasteiger partial charge on any atom is 0.269 e. The third-order valence-corrected chi connectivity index (χ3v) is 6.99. The number of hydrogen-bond acceptors (Lipinski definition) is 6. The standard InChI is InChI=1S/C27H28N4O4/c1-35-23-10-7-21(8-11-23)29-13-14-30-25-12-9-22(31(33)34)15-20(25)16-24(26(30)18-29)27(32)28-17-19-5-3-2-4-6-19/h2-12,15,24,26H,13-14,16-18H2,1H3,(H,28,32). The molecule has 0 radical (unpaired) electrons. The zero-order valence-electron chi connectivity index (χ0n) is 19.6. The monoisotopic (exact) mass is 472 g/mol. The molecule has 8 heteroatoms. The molecule has 0 aliphatic carbocycles. The highest BCUT2D eigenvalue weighted by molar-refractivity contribution is 5.82. The zero-order valence-corrected chi connectivity index (χ0v) is 19.6. The van der Waals surface area contributed by atoms with E-state index in [-0.39, 0.29) is 28.5 Å². The van der Waals surface area contributed by atoms with Gasteiger partial charge in [-0.25, -0.2) is 0 Å². The first-order valence-electron chi connectivity index (χ1n) is 11.8. The van der Waals surface area contributed by atoms with Gasteiger partial charge in [-0.1, -0.05) is 30.3 Å². The Morgan fingerprint density at radius 3 is 2.57 bits per heavy atom. The number of non-ortho nitro benzene ring substituents is 1. The summed E-state index contributed by atoms with van der Waals surface area (Å²) >= 11 is 0. The molecule has 0 spiro atoms. The van der Waals surface area contributed by atoms with Crippen LogP contribution in [0.1, 0.15) is 11.1 Å². The van der Waals surface area contributed by atoms with E-state index >= 15 is 0 Å². The van der Waals surface area contributed by atoms with Crippen molar-refractivity contribution in [3.05, 3.63) is 94.0 Å². The fraction of sp³-hybridized carbons (Fsp3) is 0.296. The van der Waals surface area contributed by atoms with Gasteiger partial charge in [-0.2, -0.15) is 0 Å². The van der Waals surface area contributed by atoms with Gasteiger partial charge in [-0.05, 0) is 47.9 Å². The molecule has 5 rings (SSSR count). The van der Waals surface area contributed by atoms with Crippen LogP contribution in [-0.2, 0) is 17.8 Å². The van der Waals surface area contributed by atoms with Gasteiger partial charge >= 0.3 is 0 Å². The summed E-state index contributed by atoms with van der Waals surface area (Å²) in [6.07, 6.45) is 0.468. The number of amides is 1. The summed E-state index contributed by atoms with van der Waals surface area (Å²) in [5, 5.41) is 14.5. The number of carbonyl (C=O) groups is 1. The number of nitro benzene ring substituents is 1. The molecule has 1 fully saturated rings. The molecule has 180 valence electrons. The van der Waals surface area contributed by atoms with Crippen molar-refractivity contribution in [2.24, 2.45) is 5.92 Å². The lowest BCUT2D eigenvalue weighted by atomic mass is 9.83. The topological polar surface area (TPSA) is 87.9 Å². The molecule has 2 unspecified atom stereocenters. The number of fused-ring (bicyclic) bond motifs is 3. The lowest BCUT2D eigenvalue weighted by Crippen LogP contribution is -2.61. The van der Waals surface area contributed by atoms with Gasteiger partial charge in [-0.3, -0.25) is 14.9 Å². The first kappa shape index (κ1) is 22.7. The van der Waals surface area contributed by atoms with Crippen molar-refractivity contribution in [3.63, 3.8) is 0 Å². The van der Waals surface area contributed by atoms with Crippen LogP contribution in [0.25, 0.3) is 0 Å². The zero-order chi connectivity index (χ0) is 24.4. The molecule has 2 atom stereocenters. The number of hydrogen-bond donors (Lipinski definition) is 1. The molecular formula is C27H28N4O4. The van der Waals surface area contributed by atoms with Crippen molar-refractivity contribution in [1.29, 1.82) is 0 Å². The predicted molar refractivity (Wildman–Crippen MR) is 135 cm³/mol. The van der Waals surface area contributed by atoms with Gasteiger partial charge in [0.25, 0.3) is 5.69 Å². The SMILES string of the molecule is COc1ccc(N2CCN3c4ccc([N+](=O)[O-])cc4CC(C(=O)NCc4ccccc4)C3C2)cc1. The summed E-state index contributed by atoms with van der Waals surface area (Å²) in [6, 6.07) is 22.8. The van der Waals surface area contributed by atoms with Gasteiger partial charge in [0.15, 0.2) is 0 Å². The third kappa shape index (κ3) is 4.64. The Morgan fingerprint density at radius 1 is 1.09 bits per heavy atom. The molecule has 0 saturated carbocycles. The number of nitro groups is 1. The first-order valence-corrected chi connectivity index (χ1v) is 11.8. The van der Waals surface area contributed by atoms with Gasteiger partial charge < -0.3 is 19.9 Å². The lowest BCUT2D eigenvalue weighted by Gasteiger charge is -2.49. The van der Waals surface area contributed by atoms with Crippen LogP contribution in [0.4, 0.5) is 17.1 Å². The summed E-state index contributed by atoms with van der Waals surface area (Å²) in [7, 11) is 1.65. The van der Waals surface area contributed by atoms with Crippen molar-refractivity contribution in [3.8, 4) is 5.75 Å². The van der Waals surface area contributed by atoms with E-state index in [1.54, 1.807) is 19.2 Å². The average Bonchev–Trinajstić information content (AvgIpc) is 2.91. The van der Waals surface area contributed by atoms with Crippen molar-refractivity contribution in [1.82, 2.24) is 5.32 Å². The molecule has 0 aromatic heterocycles. The Morgan fingerprint density at radius 2 is 1.86 bits per heavy atom. The Hall–Kier alpha value is -4.07. The van der Waals surface area contributed by atoms with Crippen molar-refractivity contribution >= 4 is 23.0 Å². The lowest BCUT2D eigenvalue weighted by molar-refractivity contribution is -0.384. The van der Waals surface area contributed by atoms with Crippen molar-refractivity contribution in [2.45, 2.75) is 19.0 Å². The van der Waals surface area contributed by atoms with Crippen LogP contribution in [0.3, 0.4) is 0 Å². The Bertz CT molecular complexity index is 1220. The van der Waals surface area contributed by atoms with E-state index < -0.39 is 0 Å². The minimum absolute atomic E-state index is 0.0300. The van der Waals surface area contributed by atoms with E-state index in [0.29, 0.717) is 19.5 Å². The molecule has 2 aliphatic heterocycles. The first-order chi connectivity index (χ1) is 17.0. The maximum absolute atomic E-state index is 13.5. The summed E-state index contributed by atoms with van der Waals surface area (Å²) in [5.74, 6) is 0.450. The molecule has 2 aliphatic rings. The normalized spacial score (nSPS) is 18.9. The molecule has 35 heavy (non-hydrogen) atoms. The molecule has 0 bridgehead atoms. The van der Waals surface area contributed by atoms with E-state index in [1.807, 2.05) is 60.7 Å². The number of rotatable bonds is 6. The molecule has 1 amide bonds. The largest absolute Gasteiger partial charge is 0.497 e. The van der Waals surface area contributed by atoms with Crippen LogP contribution in [0.2, 0.25) is 0 Å². The minimum atomic E-state index is -0.377. The number of nitrogens with one attached hydrogen (secondary N) is 1. The second-order valence-corrected chi connectivity index (χ2v) is 8.99. The average molecular weight is 473 g/mol. The number of piperazine rings is 1. The Balaban J connectivity index is 1.42. The smallest absolute Gasteiger partial charge is 0.269 e. The second-order valence-electron chi connectivity index (χ2n) is 8.99. The van der Waals surface area contributed by atoms with E-state index in [2.05, 4.69) is 15.1 Å². The Labute approximate surface area is 204 Å². The minimum Gasteiger partial charge on any atom is -0.497 e. The highest BCUT2D eigenvalue weighted by Crippen LogP contribution is 2.38. The van der Waals surface area contributed by atoms with Crippen LogP contribution < -0.4 is 19.9 Å². The van der Waals surface area contributed by atoms with Crippen LogP contribution in [0, 0.1) is 16.0 Å². The number of nitrogens with zero attached hydrogens (tertiary/aromatic N) is 3. The molecule has 1 N–H and O–H groups in total. The fourth-order valence-corrected chi connectivity index (χ4v) is 5.17. The number of ether oxygens (including phenoxy) is 1. The Kier molecular flexibility index (Phi) is 6.27. The quantitative estimate of drug-likeness (QED) is 0.434. The maximum atomic E-state index is 13.5. The van der Waals surface area contributed by atoms with Crippen LogP contribution in [0.15, 0.2) is 72.8 Å². The number of anilines is 2. The van der Waals surface area contributed by atoms with E-state index in [4.69, 9.17) is 4.74 Å². The molecule has 3 aromatic carbocycles. The number of benzene rings is 3. The molecule has 2 heterocycles. The fourth-order valence-electron chi connectivity index (χ4n) is 5.17. The summed E-state index contributed by atoms with van der Waals surface area (Å²) < 4.78 is 5.29. The van der Waals surface area contributed by atoms with Crippen LogP contribution >= 0.6 is 0 Å². The predicted octanol–water partition coefficient (Wildman–Crippen LogP) is 3.79. The van der Waals surface area contributed by atoms with Crippen LogP contribution in [0.5, 0.6) is 5.75 Å². The van der Waals surface area contributed by atoms with Crippen molar-refractivity contribution < 1.29 is 14.5 Å². The van der Waals surface area contributed by atoms with E-state index in [9.17, 15) is 14.9 Å². The second kappa shape index (κ2) is 9.66. The van der Waals surface area contributed by atoms with Gasteiger partial charge in [-0.15, -0.1) is 0 Å². The molecule has 8 nitrogen and oxygen atoms in total. The molecule has 1 saturated heterocycles. The van der Waals surface area contributed by atoms with Gasteiger partial charge in [0.05, 0.1) is 24.0 Å². The van der Waals surface area contributed by atoms with E-state index in [0.717, 1.165) is 41.3 Å². The van der Waals surface area contributed by atoms with Gasteiger partial charge in [0.2, 0.25) is 5.91 Å². The number of methoxy groups -OCH3 is 1. The summed E-state index contributed by atoms with van der Waals surface area (Å²) in [5.41, 5.74) is 4.02. The summed E-state index contributed by atoms with van der Waals surface area (Å²) in [4.78, 5) is 29.0. The number of carbonyl (C=O) groups excluding carboxylic acids is 1. The van der Waals surface area contributed by atoms with Crippen LogP contribution in [-0.4, -0.2) is 43.6 Å². The van der Waals surface area contributed by atoms with Gasteiger partial charge in [0, 0.05) is 49.7 Å². The highest BCUT2D eigenvalue weighted by Gasteiger charge is 2.42. The summed E-state index contributed by atoms with van der Waals surface area (Å²) in [6.45, 7) is 2.65. The molecule has 3 aromatic rings. The third-order valence-electron chi connectivity index (χ3n) is 6.99. The molecular weight excluding hydrogens is 444 g/mol.